The second-order valence-electron chi connectivity index (χ2n) is 7.61. The number of amidine groups is 1. The van der Waals surface area contributed by atoms with Gasteiger partial charge in [-0.2, -0.15) is 0 Å². The first kappa shape index (κ1) is 18.5. The molecule has 8 nitrogen and oxygen atoms in total. The Kier molecular flexibility index (Phi) is 4.38. The Morgan fingerprint density at radius 1 is 1.23 bits per heavy atom. The van der Waals surface area contributed by atoms with E-state index in [2.05, 4.69) is 9.57 Å². The fourth-order valence-electron chi connectivity index (χ4n) is 4.18. The lowest BCUT2D eigenvalue weighted by Crippen LogP contribution is -2.64. The van der Waals surface area contributed by atoms with Gasteiger partial charge in [0.15, 0.2) is 0 Å². The fraction of sp³-hybridized carbons (Fsp3) is 0.333. The lowest BCUT2D eigenvalue weighted by Gasteiger charge is -2.35. The summed E-state index contributed by atoms with van der Waals surface area (Å²) in [5.41, 5.74) is 0.687. The number of nitrogens with zero attached hydrogens (tertiary/aromatic N) is 5. The van der Waals surface area contributed by atoms with Crippen molar-refractivity contribution in [3.05, 3.63) is 59.8 Å². The Morgan fingerprint density at radius 3 is 2.77 bits per heavy atom. The number of halogens is 1. The van der Waals surface area contributed by atoms with E-state index in [9.17, 15) is 14.0 Å². The number of aliphatic imine (C=N–C) groups is 1. The van der Waals surface area contributed by atoms with Gasteiger partial charge in [-0.25, -0.2) is 14.1 Å². The van der Waals surface area contributed by atoms with E-state index < -0.39 is 12.1 Å². The van der Waals surface area contributed by atoms with Crippen molar-refractivity contribution in [3.63, 3.8) is 0 Å². The molecule has 5 rings (SSSR count). The summed E-state index contributed by atoms with van der Waals surface area (Å²) >= 11 is 0. The standard InChI is InChI=1S/C21H21FN5O3/c1-24-18-17(19(28)27(21(24)29)12-14-5-7-15(22)8-6-14)26-10-3-9-25(20(26)23-18)13-16-4-2-11-30-16/h2,4-8,11,17H,3,9-10,12-13H2,1H3/q+1. The second-order valence-corrected chi connectivity index (χ2v) is 7.61. The molecule has 3 amide bonds. The first-order valence-corrected chi connectivity index (χ1v) is 9.86. The van der Waals surface area contributed by atoms with E-state index in [0.717, 1.165) is 18.7 Å². The summed E-state index contributed by atoms with van der Waals surface area (Å²) in [6.07, 6.45) is 2.50. The van der Waals surface area contributed by atoms with Crippen LogP contribution < -0.4 is 0 Å². The number of fused-ring (bicyclic) bond motifs is 3. The molecule has 1 unspecified atom stereocenters. The molecule has 2 aromatic rings. The van der Waals surface area contributed by atoms with Crippen molar-refractivity contribution >= 4 is 23.7 Å². The minimum absolute atomic E-state index is 0.0886. The molecule has 154 valence electrons. The number of hydrogen-bond donors (Lipinski definition) is 0. The van der Waals surface area contributed by atoms with Gasteiger partial charge in [-0.05, 0) is 29.8 Å². The maximum absolute atomic E-state index is 13.3. The molecule has 1 aromatic heterocycles. The lowest BCUT2D eigenvalue weighted by molar-refractivity contribution is -0.556. The van der Waals surface area contributed by atoms with Crippen molar-refractivity contribution in [2.75, 3.05) is 20.1 Å². The summed E-state index contributed by atoms with van der Waals surface area (Å²) in [7, 11) is 1.63. The molecule has 0 aliphatic carbocycles. The van der Waals surface area contributed by atoms with Crippen molar-refractivity contribution in [1.29, 1.82) is 0 Å². The highest BCUT2D eigenvalue weighted by Gasteiger charge is 2.56. The van der Waals surface area contributed by atoms with E-state index in [1.54, 1.807) is 25.4 Å². The molecule has 3 aliphatic rings. The molecule has 4 heterocycles. The molecule has 0 bridgehead atoms. The molecular weight excluding hydrogens is 389 g/mol. The van der Waals surface area contributed by atoms with E-state index in [0.29, 0.717) is 30.4 Å². The van der Waals surface area contributed by atoms with E-state index in [4.69, 9.17) is 4.42 Å². The highest BCUT2D eigenvalue weighted by atomic mass is 19.1. The van der Waals surface area contributed by atoms with Crippen LogP contribution in [0.3, 0.4) is 0 Å². The van der Waals surface area contributed by atoms with Crippen LogP contribution in [-0.4, -0.2) is 69.2 Å². The van der Waals surface area contributed by atoms with Gasteiger partial charge in [-0.15, -0.1) is 0 Å². The minimum atomic E-state index is -0.637. The lowest BCUT2D eigenvalue weighted by atomic mass is 10.1. The molecule has 0 N–H and O–H groups in total. The molecule has 1 aromatic carbocycles. The Morgan fingerprint density at radius 2 is 2.03 bits per heavy atom. The van der Waals surface area contributed by atoms with Crippen molar-refractivity contribution < 1.29 is 23.0 Å². The number of likely N-dealkylation sites (N-methyl/N-ethyl adjacent to an activating group) is 1. The number of carbonyl (C=O) groups excluding carboxylic acids is 2. The number of benzene rings is 1. The van der Waals surface area contributed by atoms with Gasteiger partial charge < -0.3 is 4.42 Å². The average molecular weight is 410 g/mol. The van der Waals surface area contributed by atoms with Crippen molar-refractivity contribution in [1.82, 2.24) is 14.7 Å². The first-order valence-electron chi connectivity index (χ1n) is 9.86. The number of rotatable bonds is 4. The Hall–Kier alpha value is -3.49. The summed E-state index contributed by atoms with van der Waals surface area (Å²) in [5.74, 6) is 1.28. The normalized spacial score (nSPS) is 21.2. The van der Waals surface area contributed by atoms with Crippen molar-refractivity contribution in [2.24, 2.45) is 4.99 Å². The summed E-state index contributed by atoms with van der Waals surface area (Å²) < 4.78 is 20.8. The first-order chi connectivity index (χ1) is 14.5. The van der Waals surface area contributed by atoms with Gasteiger partial charge in [-0.1, -0.05) is 17.1 Å². The zero-order valence-corrected chi connectivity index (χ0v) is 16.5. The van der Waals surface area contributed by atoms with Crippen molar-refractivity contribution in [2.45, 2.75) is 25.6 Å². The summed E-state index contributed by atoms with van der Waals surface area (Å²) in [5, 5.41) is 0. The van der Waals surface area contributed by atoms with E-state index in [1.807, 2.05) is 17.0 Å². The summed E-state index contributed by atoms with van der Waals surface area (Å²) in [6.45, 7) is 2.11. The number of imide groups is 1. The molecule has 0 radical (unpaired) electrons. The molecule has 1 fully saturated rings. The predicted molar refractivity (Wildman–Crippen MR) is 105 cm³/mol. The number of urea groups is 1. The van der Waals surface area contributed by atoms with Crippen LogP contribution in [0.15, 0.2) is 52.1 Å². The van der Waals surface area contributed by atoms with Crippen LogP contribution in [0, 0.1) is 5.82 Å². The molecule has 9 heteroatoms. The largest absolute Gasteiger partial charge is 0.466 e. The molecule has 1 atom stereocenters. The molecular formula is C21H21FN5O3+. The maximum Gasteiger partial charge on any atom is 0.392 e. The maximum atomic E-state index is 13.3. The van der Waals surface area contributed by atoms with Crippen LogP contribution in [-0.2, 0) is 17.9 Å². The van der Waals surface area contributed by atoms with Crippen molar-refractivity contribution in [3.8, 4) is 0 Å². The highest BCUT2D eigenvalue weighted by Crippen LogP contribution is 2.27. The summed E-state index contributed by atoms with van der Waals surface area (Å²) in [4.78, 5) is 35.6. The zero-order valence-electron chi connectivity index (χ0n) is 16.5. The SMILES string of the molecule is CN1C(=O)N(Cc2ccc(F)cc2)C(=O)C2C1=NC1=[N+](Cc3ccco3)CCCN12. The van der Waals surface area contributed by atoms with Gasteiger partial charge in [-0.3, -0.25) is 19.2 Å². The fourth-order valence-corrected chi connectivity index (χ4v) is 4.18. The van der Waals surface area contributed by atoms with Crippen LogP contribution in [0.25, 0.3) is 0 Å². The zero-order chi connectivity index (χ0) is 20.8. The van der Waals surface area contributed by atoms with Crippen LogP contribution in [0.5, 0.6) is 0 Å². The third-order valence-electron chi connectivity index (χ3n) is 5.68. The molecule has 1 saturated heterocycles. The average Bonchev–Trinajstić information content (AvgIpc) is 3.39. The van der Waals surface area contributed by atoms with E-state index >= 15 is 0 Å². The Labute approximate surface area is 172 Å². The van der Waals surface area contributed by atoms with Crippen LogP contribution in [0.1, 0.15) is 17.7 Å². The van der Waals surface area contributed by atoms with E-state index in [1.165, 1.54) is 21.9 Å². The second kappa shape index (κ2) is 7.08. The van der Waals surface area contributed by atoms with Crippen LogP contribution in [0.2, 0.25) is 0 Å². The van der Waals surface area contributed by atoms with Gasteiger partial charge in [0.25, 0.3) is 5.91 Å². The Balaban J connectivity index is 1.47. The quantitative estimate of drug-likeness (QED) is 0.722. The van der Waals surface area contributed by atoms with Gasteiger partial charge in [0.1, 0.15) is 18.1 Å². The van der Waals surface area contributed by atoms with Gasteiger partial charge in [0.2, 0.25) is 11.9 Å². The van der Waals surface area contributed by atoms with Crippen LogP contribution in [0.4, 0.5) is 9.18 Å². The number of carbonyl (C=O) groups is 2. The minimum Gasteiger partial charge on any atom is -0.466 e. The Bertz CT molecular complexity index is 1060. The third-order valence-corrected chi connectivity index (χ3v) is 5.68. The smallest absolute Gasteiger partial charge is 0.392 e. The molecule has 0 saturated carbocycles. The summed E-state index contributed by atoms with van der Waals surface area (Å²) in [6, 6.07) is 8.48. The third kappa shape index (κ3) is 2.97. The number of amides is 3. The van der Waals surface area contributed by atoms with Gasteiger partial charge >= 0.3 is 12.0 Å². The monoisotopic (exact) mass is 410 g/mol. The predicted octanol–water partition coefficient (Wildman–Crippen LogP) is 1.87. The molecule has 3 aliphatic heterocycles. The molecule has 0 spiro atoms. The van der Waals surface area contributed by atoms with E-state index in [-0.39, 0.29) is 18.3 Å². The molecule has 30 heavy (non-hydrogen) atoms. The highest BCUT2D eigenvalue weighted by molar-refractivity contribution is 6.25. The van der Waals surface area contributed by atoms with Gasteiger partial charge in [0, 0.05) is 13.5 Å². The number of guanidine groups is 1. The number of hydrogen-bond acceptors (Lipinski definition) is 5. The van der Waals surface area contributed by atoms with Crippen LogP contribution >= 0.6 is 0 Å². The number of furan rings is 1. The van der Waals surface area contributed by atoms with Gasteiger partial charge in [0.05, 0.1) is 25.9 Å². The topological polar surface area (TPSA) is 72.4 Å².